The summed E-state index contributed by atoms with van der Waals surface area (Å²) < 4.78 is 5.25. The van der Waals surface area contributed by atoms with E-state index in [0.29, 0.717) is 5.75 Å². The summed E-state index contributed by atoms with van der Waals surface area (Å²) in [6.07, 6.45) is 2.59. The van der Waals surface area contributed by atoms with E-state index in [1.807, 2.05) is 25.1 Å². The van der Waals surface area contributed by atoms with Gasteiger partial charge in [0.25, 0.3) is 0 Å². The van der Waals surface area contributed by atoms with Crippen LogP contribution in [0.25, 0.3) is 0 Å². The quantitative estimate of drug-likeness (QED) is 0.860. The first kappa shape index (κ1) is 12.9. The molecule has 1 aromatic carbocycles. The highest BCUT2D eigenvalue weighted by Crippen LogP contribution is 2.29. The minimum Gasteiger partial charge on any atom is -0.495 e. The zero-order valence-corrected chi connectivity index (χ0v) is 10.9. The third kappa shape index (κ3) is 2.82. The zero-order valence-electron chi connectivity index (χ0n) is 10.9. The van der Waals surface area contributed by atoms with E-state index in [4.69, 9.17) is 10.5 Å². The van der Waals surface area contributed by atoms with Crippen LogP contribution < -0.4 is 15.8 Å². The molecule has 2 atom stereocenters. The molecule has 0 radical (unpaired) electrons. The van der Waals surface area contributed by atoms with Gasteiger partial charge in [-0.2, -0.15) is 0 Å². The van der Waals surface area contributed by atoms with E-state index in [9.17, 15) is 4.79 Å². The Balaban J connectivity index is 2.09. The first-order chi connectivity index (χ1) is 8.60. The van der Waals surface area contributed by atoms with Gasteiger partial charge in [-0.25, -0.2) is 0 Å². The maximum Gasteiger partial charge on any atom is 0.227 e. The van der Waals surface area contributed by atoms with Crippen molar-refractivity contribution in [2.24, 2.45) is 11.7 Å². The maximum absolute atomic E-state index is 12.1. The molecule has 0 aliphatic heterocycles. The number of hydrogen-bond donors (Lipinski definition) is 2. The Labute approximate surface area is 108 Å². The molecular formula is C14H20N2O2. The van der Waals surface area contributed by atoms with Crippen LogP contribution in [0, 0.1) is 12.8 Å². The normalized spacial score (nSPS) is 22.8. The summed E-state index contributed by atoms with van der Waals surface area (Å²) in [6.45, 7) is 1.99. The molecule has 0 heterocycles. The molecule has 1 aromatic rings. The van der Waals surface area contributed by atoms with Crippen LogP contribution in [0.2, 0.25) is 0 Å². The molecule has 4 nitrogen and oxygen atoms in total. The van der Waals surface area contributed by atoms with E-state index < -0.39 is 0 Å². The molecule has 0 saturated heterocycles. The van der Waals surface area contributed by atoms with Gasteiger partial charge in [0.1, 0.15) is 5.75 Å². The van der Waals surface area contributed by atoms with Gasteiger partial charge in [0, 0.05) is 12.0 Å². The third-order valence-corrected chi connectivity index (χ3v) is 3.46. The molecule has 1 fully saturated rings. The van der Waals surface area contributed by atoms with Gasteiger partial charge in [-0.1, -0.05) is 6.07 Å². The lowest BCUT2D eigenvalue weighted by Gasteiger charge is -2.14. The molecule has 1 saturated carbocycles. The van der Waals surface area contributed by atoms with E-state index in [2.05, 4.69) is 5.32 Å². The second-order valence-corrected chi connectivity index (χ2v) is 4.96. The molecule has 18 heavy (non-hydrogen) atoms. The summed E-state index contributed by atoms with van der Waals surface area (Å²) in [6, 6.07) is 5.91. The molecule has 3 N–H and O–H groups in total. The molecule has 1 aliphatic rings. The number of amides is 1. The van der Waals surface area contributed by atoms with E-state index in [-0.39, 0.29) is 17.9 Å². The largest absolute Gasteiger partial charge is 0.495 e. The van der Waals surface area contributed by atoms with Crippen LogP contribution in [-0.4, -0.2) is 19.1 Å². The second kappa shape index (κ2) is 5.40. The number of methoxy groups -OCH3 is 1. The number of aryl methyl sites for hydroxylation is 1. The molecule has 0 bridgehead atoms. The van der Waals surface area contributed by atoms with Crippen LogP contribution in [0.5, 0.6) is 5.75 Å². The van der Waals surface area contributed by atoms with Gasteiger partial charge in [-0.3, -0.25) is 4.79 Å². The summed E-state index contributed by atoms with van der Waals surface area (Å²) in [7, 11) is 1.60. The number of hydrogen-bond acceptors (Lipinski definition) is 3. The minimum absolute atomic E-state index is 0.0326. The highest BCUT2D eigenvalue weighted by atomic mass is 16.5. The minimum atomic E-state index is 0.0326. The van der Waals surface area contributed by atoms with Gasteiger partial charge in [0.05, 0.1) is 12.8 Å². The third-order valence-electron chi connectivity index (χ3n) is 3.46. The lowest BCUT2D eigenvalue weighted by atomic mass is 10.1. The van der Waals surface area contributed by atoms with Crippen molar-refractivity contribution in [2.45, 2.75) is 32.2 Å². The highest BCUT2D eigenvalue weighted by molar-refractivity contribution is 5.94. The number of carbonyl (C=O) groups excluding carboxylic acids is 1. The fourth-order valence-electron chi connectivity index (χ4n) is 2.41. The summed E-state index contributed by atoms with van der Waals surface area (Å²) in [5.41, 5.74) is 7.66. The van der Waals surface area contributed by atoms with E-state index >= 15 is 0 Å². The Bertz CT molecular complexity index is 445. The Morgan fingerprint density at radius 3 is 2.83 bits per heavy atom. The predicted octanol–water partition coefficient (Wildman–Crippen LogP) is 2.07. The standard InChI is InChI=1S/C14H20N2O2/c1-9-3-6-13(18-2)12(7-9)16-14(17)10-4-5-11(15)8-10/h3,6-7,10-11H,4-5,8,15H2,1-2H3,(H,16,17). The lowest BCUT2D eigenvalue weighted by Crippen LogP contribution is -2.23. The number of nitrogens with one attached hydrogen (secondary N) is 1. The van der Waals surface area contributed by atoms with Gasteiger partial charge in [0.15, 0.2) is 0 Å². The van der Waals surface area contributed by atoms with Crippen LogP contribution in [0.1, 0.15) is 24.8 Å². The Kier molecular flexibility index (Phi) is 3.87. The van der Waals surface area contributed by atoms with Crippen molar-refractivity contribution < 1.29 is 9.53 Å². The number of rotatable bonds is 3. The molecule has 1 aliphatic carbocycles. The fourth-order valence-corrected chi connectivity index (χ4v) is 2.41. The van der Waals surface area contributed by atoms with Crippen molar-refractivity contribution in [3.63, 3.8) is 0 Å². The molecule has 4 heteroatoms. The van der Waals surface area contributed by atoms with Gasteiger partial charge < -0.3 is 15.8 Å². The monoisotopic (exact) mass is 248 g/mol. The molecule has 1 amide bonds. The van der Waals surface area contributed by atoms with Crippen LogP contribution in [0.4, 0.5) is 5.69 Å². The Hall–Kier alpha value is -1.55. The molecule has 0 spiro atoms. The van der Waals surface area contributed by atoms with Crippen molar-refractivity contribution in [3.05, 3.63) is 23.8 Å². The molecule has 2 rings (SSSR count). The molecule has 98 valence electrons. The first-order valence-corrected chi connectivity index (χ1v) is 6.31. The highest BCUT2D eigenvalue weighted by Gasteiger charge is 2.28. The zero-order chi connectivity index (χ0) is 13.1. The summed E-state index contributed by atoms with van der Waals surface area (Å²) in [5, 5.41) is 2.95. The van der Waals surface area contributed by atoms with Crippen LogP contribution in [0.3, 0.4) is 0 Å². The Morgan fingerprint density at radius 2 is 2.22 bits per heavy atom. The summed E-state index contributed by atoms with van der Waals surface area (Å²) in [5.74, 6) is 0.772. The summed E-state index contributed by atoms with van der Waals surface area (Å²) in [4.78, 5) is 12.1. The van der Waals surface area contributed by atoms with Crippen molar-refractivity contribution in [1.29, 1.82) is 0 Å². The number of benzene rings is 1. The Morgan fingerprint density at radius 1 is 1.44 bits per heavy atom. The van der Waals surface area contributed by atoms with E-state index in [1.165, 1.54) is 0 Å². The van der Waals surface area contributed by atoms with Gasteiger partial charge >= 0.3 is 0 Å². The molecule has 0 aromatic heterocycles. The van der Waals surface area contributed by atoms with Crippen molar-refractivity contribution in [3.8, 4) is 5.75 Å². The van der Waals surface area contributed by atoms with Crippen molar-refractivity contribution in [1.82, 2.24) is 0 Å². The average Bonchev–Trinajstić information content (AvgIpc) is 2.76. The fraction of sp³-hybridized carbons (Fsp3) is 0.500. The predicted molar refractivity (Wildman–Crippen MR) is 71.7 cm³/mol. The average molecular weight is 248 g/mol. The number of anilines is 1. The van der Waals surface area contributed by atoms with E-state index in [1.54, 1.807) is 7.11 Å². The molecule has 2 unspecified atom stereocenters. The van der Waals surface area contributed by atoms with Gasteiger partial charge in [-0.15, -0.1) is 0 Å². The van der Waals surface area contributed by atoms with Crippen molar-refractivity contribution >= 4 is 11.6 Å². The number of ether oxygens (including phenoxy) is 1. The SMILES string of the molecule is COc1ccc(C)cc1NC(=O)C1CCC(N)C1. The van der Waals surface area contributed by atoms with Crippen LogP contribution in [0.15, 0.2) is 18.2 Å². The van der Waals surface area contributed by atoms with Crippen molar-refractivity contribution in [2.75, 3.05) is 12.4 Å². The smallest absolute Gasteiger partial charge is 0.227 e. The van der Waals surface area contributed by atoms with E-state index in [0.717, 1.165) is 30.5 Å². The van der Waals surface area contributed by atoms with Gasteiger partial charge in [-0.05, 0) is 43.9 Å². The number of carbonyl (C=O) groups is 1. The maximum atomic E-state index is 12.1. The topological polar surface area (TPSA) is 64.3 Å². The lowest BCUT2D eigenvalue weighted by molar-refractivity contribution is -0.119. The first-order valence-electron chi connectivity index (χ1n) is 6.31. The van der Waals surface area contributed by atoms with Crippen LogP contribution in [-0.2, 0) is 4.79 Å². The van der Waals surface area contributed by atoms with Crippen LogP contribution >= 0.6 is 0 Å². The molecular weight excluding hydrogens is 228 g/mol. The summed E-state index contributed by atoms with van der Waals surface area (Å²) >= 11 is 0. The van der Waals surface area contributed by atoms with Gasteiger partial charge in [0.2, 0.25) is 5.91 Å². The second-order valence-electron chi connectivity index (χ2n) is 4.96. The number of nitrogens with two attached hydrogens (primary N) is 1.